The molecule has 0 unspecified atom stereocenters. The number of aromatic nitrogens is 1. The van der Waals surface area contributed by atoms with Gasteiger partial charge in [0.05, 0.1) is 5.75 Å². The lowest BCUT2D eigenvalue weighted by atomic mass is 10.2. The van der Waals surface area contributed by atoms with Gasteiger partial charge in [0.15, 0.2) is 0 Å². The van der Waals surface area contributed by atoms with Gasteiger partial charge < -0.3 is 10.2 Å². The van der Waals surface area contributed by atoms with Gasteiger partial charge in [-0.25, -0.2) is 0 Å². The minimum atomic E-state index is 0.223. The molecule has 17 heavy (non-hydrogen) atoms. The molecule has 1 amide bonds. The van der Waals surface area contributed by atoms with Gasteiger partial charge in [0, 0.05) is 43.0 Å². The summed E-state index contributed by atoms with van der Waals surface area (Å²) >= 11 is 1.57. The number of carbonyl (C=O) groups is 1. The van der Waals surface area contributed by atoms with E-state index in [2.05, 4.69) is 17.2 Å². The lowest BCUT2D eigenvalue weighted by Crippen LogP contribution is -2.52. The molecule has 0 bridgehead atoms. The Hall–Kier alpha value is -1.07. The molecule has 5 heteroatoms. The number of nitrogens with zero attached hydrogens (tertiary/aromatic N) is 2. The first kappa shape index (κ1) is 12.4. The van der Waals surface area contributed by atoms with Gasteiger partial charge in [0.2, 0.25) is 5.91 Å². The number of piperazine rings is 1. The van der Waals surface area contributed by atoms with Gasteiger partial charge >= 0.3 is 0 Å². The van der Waals surface area contributed by atoms with Gasteiger partial charge in [-0.1, -0.05) is 0 Å². The molecule has 1 aliphatic rings. The molecule has 1 atom stereocenters. The predicted molar refractivity (Wildman–Crippen MR) is 69.0 cm³/mol. The first-order chi connectivity index (χ1) is 8.27. The van der Waals surface area contributed by atoms with E-state index in [9.17, 15) is 4.79 Å². The smallest absolute Gasteiger partial charge is 0.233 e. The summed E-state index contributed by atoms with van der Waals surface area (Å²) in [5.74, 6) is 0.731. The van der Waals surface area contributed by atoms with Crippen molar-refractivity contribution in [3.05, 3.63) is 24.5 Å². The van der Waals surface area contributed by atoms with E-state index in [4.69, 9.17) is 0 Å². The van der Waals surface area contributed by atoms with Crippen LogP contribution in [0.1, 0.15) is 6.92 Å². The number of thioether (sulfide) groups is 1. The maximum absolute atomic E-state index is 12.0. The first-order valence-electron chi connectivity index (χ1n) is 5.80. The summed E-state index contributed by atoms with van der Waals surface area (Å²) in [6.45, 7) is 4.69. The summed E-state index contributed by atoms with van der Waals surface area (Å²) < 4.78 is 0. The highest BCUT2D eigenvalue weighted by molar-refractivity contribution is 8.00. The third kappa shape index (κ3) is 3.44. The van der Waals surface area contributed by atoms with E-state index in [1.807, 2.05) is 17.0 Å². The van der Waals surface area contributed by atoms with Crippen LogP contribution in [0, 0.1) is 0 Å². The number of nitrogens with one attached hydrogen (secondary N) is 1. The second-order valence-corrected chi connectivity index (χ2v) is 5.16. The maximum Gasteiger partial charge on any atom is 0.233 e. The van der Waals surface area contributed by atoms with E-state index in [0.717, 1.165) is 24.5 Å². The van der Waals surface area contributed by atoms with Crippen molar-refractivity contribution in [2.75, 3.05) is 25.4 Å². The Kier molecular flexibility index (Phi) is 4.39. The molecular weight excluding hydrogens is 234 g/mol. The zero-order valence-corrected chi connectivity index (χ0v) is 10.7. The lowest BCUT2D eigenvalue weighted by molar-refractivity contribution is -0.131. The molecule has 1 aromatic heterocycles. The fourth-order valence-corrected chi connectivity index (χ4v) is 2.64. The van der Waals surface area contributed by atoms with Gasteiger partial charge in [0.25, 0.3) is 0 Å². The van der Waals surface area contributed by atoms with Crippen molar-refractivity contribution in [1.82, 2.24) is 15.2 Å². The van der Waals surface area contributed by atoms with Crippen LogP contribution in [0.5, 0.6) is 0 Å². The summed E-state index contributed by atoms with van der Waals surface area (Å²) in [4.78, 5) is 19.1. The summed E-state index contributed by atoms with van der Waals surface area (Å²) in [5, 5.41) is 3.28. The molecular formula is C12H17N3OS. The SMILES string of the molecule is C[C@H]1CNCCN1C(=O)CSc1ccncc1. The highest BCUT2D eigenvalue weighted by Gasteiger charge is 2.22. The van der Waals surface area contributed by atoms with Crippen molar-refractivity contribution in [3.63, 3.8) is 0 Å². The first-order valence-corrected chi connectivity index (χ1v) is 6.79. The molecule has 1 saturated heterocycles. The van der Waals surface area contributed by atoms with Crippen LogP contribution in [0.4, 0.5) is 0 Å². The molecule has 1 fully saturated rings. The highest BCUT2D eigenvalue weighted by atomic mass is 32.2. The van der Waals surface area contributed by atoms with Gasteiger partial charge in [-0.3, -0.25) is 9.78 Å². The quantitative estimate of drug-likeness (QED) is 0.814. The second-order valence-electron chi connectivity index (χ2n) is 4.11. The molecule has 0 spiro atoms. The Bertz CT molecular complexity index is 371. The summed E-state index contributed by atoms with van der Waals surface area (Å²) in [5.41, 5.74) is 0. The normalized spacial score (nSPS) is 20.3. The average Bonchev–Trinajstić information content (AvgIpc) is 2.38. The molecule has 92 valence electrons. The summed E-state index contributed by atoms with van der Waals surface area (Å²) in [6, 6.07) is 4.16. The fourth-order valence-electron chi connectivity index (χ4n) is 1.87. The number of hydrogen-bond acceptors (Lipinski definition) is 4. The lowest BCUT2D eigenvalue weighted by Gasteiger charge is -2.33. The van der Waals surface area contributed by atoms with E-state index in [-0.39, 0.29) is 5.91 Å². The third-order valence-corrected chi connectivity index (χ3v) is 3.83. The van der Waals surface area contributed by atoms with Crippen LogP contribution in [0.15, 0.2) is 29.4 Å². The van der Waals surface area contributed by atoms with Gasteiger partial charge in [-0.05, 0) is 19.1 Å². The number of carbonyl (C=O) groups excluding carboxylic acids is 1. The minimum Gasteiger partial charge on any atom is -0.337 e. The van der Waals surface area contributed by atoms with Crippen molar-refractivity contribution in [3.8, 4) is 0 Å². The molecule has 0 radical (unpaired) electrons. The maximum atomic E-state index is 12.0. The van der Waals surface area contributed by atoms with Crippen LogP contribution in [0.2, 0.25) is 0 Å². The van der Waals surface area contributed by atoms with Gasteiger partial charge in [-0.15, -0.1) is 11.8 Å². The topological polar surface area (TPSA) is 45.2 Å². The van der Waals surface area contributed by atoms with Crippen LogP contribution in [-0.2, 0) is 4.79 Å². The molecule has 2 heterocycles. The monoisotopic (exact) mass is 251 g/mol. The molecule has 0 aliphatic carbocycles. The molecule has 1 aliphatic heterocycles. The minimum absolute atomic E-state index is 0.223. The average molecular weight is 251 g/mol. The summed E-state index contributed by atoms with van der Waals surface area (Å²) in [6.07, 6.45) is 3.50. The molecule has 1 N–H and O–H groups in total. The van der Waals surface area contributed by atoms with Crippen molar-refractivity contribution in [2.45, 2.75) is 17.9 Å². The molecule has 0 saturated carbocycles. The van der Waals surface area contributed by atoms with Gasteiger partial charge in [-0.2, -0.15) is 0 Å². The second kappa shape index (κ2) is 6.02. The van der Waals surface area contributed by atoms with Crippen LogP contribution < -0.4 is 5.32 Å². The van der Waals surface area contributed by atoms with Crippen molar-refractivity contribution in [2.24, 2.45) is 0 Å². The zero-order valence-electron chi connectivity index (χ0n) is 9.93. The third-order valence-electron chi connectivity index (χ3n) is 2.83. The Morgan fingerprint density at radius 2 is 2.35 bits per heavy atom. The Labute approximate surface area is 106 Å². The predicted octanol–water partition coefficient (Wildman–Crippen LogP) is 0.994. The van der Waals surface area contributed by atoms with E-state index in [0.29, 0.717) is 11.8 Å². The zero-order chi connectivity index (χ0) is 12.1. The van der Waals surface area contributed by atoms with E-state index >= 15 is 0 Å². The van der Waals surface area contributed by atoms with Crippen molar-refractivity contribution in [1.29, 1.82) is 0 Å². The van der Waals surface area contributed by atoms with Crippen molar-refractivity contribution < 1.29 is 4.79 Å². The van der Waals surface area contributed by atoms with Crippen LogP contribution in [-0.4, -0.2) is 47.2 Å². The highest BCUT2D eigenvalue weighted by Crippen LogP contribution is 2.17. The number of rotatable bonds is 3. The van der Waals surface area contributed by atoms with Crippen LogP contribution >= 0.6 is 11.8 Å². The van der Waals surface area contributed by atoms with Crippen LogP contribution in [0.3, 0.4) is 0 Å². The summed E-state index contributed by atoms with van der Waals surface area (Å²) in [7, 11) is 0. The van der Waals surface area contributed by atoms with Crippen molar-refractivity contribution >= 4 is 17.7 Å². The molecule has 4 nitrogen and oxygen atoms in total. The largest absolute Gasteiger partial charge is 0.337 e. The Balaban J connectivity index is 1.84. The van der Waals surface area contributed by atoms with E-state index in [1.54, 1.807) is 24.2 Å². The molecule has 2 rings (SSSR count). The molecule has 1 aromatic rings. The number of hydrogen-bond donors (Lipinski definition) is 1. The standard InChI is InChI=1S/C12H17N3OS/c1-10-8-14-6-7-15(10)12(16)9-17-11-2-4-13-5-3-11/h2-5,10,14H,6-9H2,1H3/t10-/m0/s1. The van der Waals surface area contributed by atoms with Crippen LogP contribution in [0.25, 0.3) is 0 Å². The Morgan fingerprint density at radius 1 is 1.59 bits per heavy atom. The number of pyridine rings is 1. The van der Waals surface area contributed by atoms with E-state index < -0.39 is 0 Å². The molecule has 0 aromatic carbocycles. The number of amides is 1. The van der Waals surface area contributed by atoms with E-state index in [1.165, 1.54) is 0 Å². The Morgan fingerprint density at radius 3 is 3.06 bits per heavy atom. The fraction of sp³-hybridized carbons (Fsp3) is 0.500. The van der Waals surface area contributed by atoms with Gasteiger partial charge in [0.1, 0.15) is 0 Å².